The molecule has 0 bridgehead atoms. The summed E-state index contributed by atoms with van der Waals surface area (Å²) in [5.41, 5.74) is -0.0444. The second-order valence-electron chi connectivity index (χ2n) is 6.08. The molecule has 1 N–H and O–H groups in total. The topological polar surface area (TPSA) is 119 Å². The standard InChI is InChI=1S/C15H14N2O7/c18-13-12(10-11-9(23-15(10)20)5-6-16(11)13)24-14(19)7-1-3-8(4-2-7)17(21)22/h1-4,9-12,15,20H,5-6H2/t9-,10-,11+,12+,15?/m1/s1. The first-order valence-electron chi connectivity index (χ1n) is 7.57. The van der Waals surface area contributed by atoms with Crippen LogP contribution in [0.2, 0.25) is 0 Å². The van der Waals surface area contributed by atoms with Crippen LogP contribution in [0.3, 0.4) is 0 Å². The fourth-order valence-corrected chi connectivity index (χ4v) is 3.77. The number of non-ortho nitro benzene ring substituents is 1. The van der Waals surface area contributed by atoms with Gasteiger partial charge in [0.15, 0.2) is 12.4 Å². The van der Waals surface area contributed by atoms with E-state index < -0.39 is 29.2 Å². The monoisotopic (exact) mass is 334 g/mol. The third kappa shape index (κ3) is 2.09. The van der Waals surface area contributed by atoms with Crippen molar-refractivity contribution in [3.8, 4) is 0 Å². The van der Waals surface area contributed by atoms with Gasteiger partial charge in [-0.1, -0.05) is 0 Å². The molecule has 1 aromatic carbocycles. The van der Waals surface area contributed by atoms with Crippen molar-refractivity contribution < 1.29 is 29.1 Å². The van der Waals surface area contributed by atoms with Crippen LogP contribution in [-0.2, 0) is 14.3 Å². The highest BCUT2D eigenvalue weighted by atomic mass is 16.6. The molecule has 5 atom stereocenters. The highest BCUT2D eigenvalue weighted by Crippen LogP contribution is 2.44. The number of aliphatic hydroxyl groups excluding tert-OH is 1. The molecule has 1 amide bonds. The number of aliphatic hydroxyl groups is 1. The second kappa shape index (κ2) is 5.25. The molecule has 0 aromatic heterocycles. The van der Waals surface area contributed by atoms with Crippen molar-refractivity contribution in [3.63, 3.8) is 0 Å². The van der Waals surface area contributed by atoms with Crippen LogP contribution >= 0.6 is 0 Å². The van der Waals surface area contributed by atoms with E-state index in [-0.39, 0.29) is 29.3 Å². The largest absolute Gasteiger partial charge is 0.448 e. The smallest absolute Gasteiger partial charge is 0.338 e. The minimum atomic E-state index is -1.15. The van der Waals surface area contributed by atoms with Crippen molar-refractivity contribution in [1.29, 1.82) is 0 Å². The van der Waals surface area contributed by atoms with E-state index in [1.807, 2.05) is 0 Å². The Bertz CT molecular complexity index is 719. The molecule has 3 saturated heterocycles. The highest BCUT2D eigenvalue weighted by molar-refractivity contribution is 5.93. The fourth-order valence-electron chi connectivity index (χ4n) is 3.77. The molecular weight excluding hydrogens is 320 g/mol. The van der Waals surface area contributed by atoms with E-state index in [2.05, 4.69) is 0 Å². The Morgan fingerprint density at radius 1 is 1.38 bits per heavy atom. The van der Waals surface area contributed by atoms with Gasteiger partial charge in [0.05, 0.1) is 28.6 Å². The quantitative estimate of drug-likeness (QED) is 0.472. The lowest BCUT2D eigenvalue weighted by atomic mass is 9.97. The van der Waals surface area contributed by atoms with E-state index in [1.54, 1.807) is 4.90 Å². The van der Waals surface area contributed by atoms with E-state index in [4.69, 9.17) is 9.47 Å². The number of nitro groups is 1. The Kier molecular flexibility index (Phi) is 3.29. The van der Waals surface area contributed by atoms with Gasteiger partial charge in [0.2, 0.25) is 0 Å². The average molecular weight is 334 g/mol. The maximum absolute atomic E-state index is 12.4. The number of ether oxygens (including phenoxy) is 2. The van der Waals surface area contributed by atoms with E-state index in [0.717, 1.165) is 0 Å². The van der Waals surface area contributed by atoms with E-state index in [9.17, 15) is 24.8 Å². The number of rotatable bonds is 3. The van der Waals surface area contributed by atoms with Crippen LogP contribution in [0.15, 0.2) is 24.3 Å². The summed E-state index contributed by atoms with van der Waals surface area (Å²) < 4.78 is 10.7. The zero-order valence-corrected chi connectivity index (χ0v) is 12.4. The minimum Gasteiger partial charge on any atom is -0.448 e. The number of nitro benzene ring substituents is 1. The van der Waals surface area contributed by atoms with E-state index in [1.165, 1.54) is 24.3 Å². The predicted molar refractivity (Wildman–Crippen MR) is 76.8 cm³/mol. The molecule has 0 radical (unpaired) electrons. The molecule has 9 heteroatoms. The average Bonchev–Trinajstić information content (AvgIpc) is 3.18. The number of carbonyl (C=O) groups is 2. The van der Waals surface area contributed by atoms with Gasteiger partial charge in [0, 0.05) is 18.7 Å². The number of benzene rings is 1. The Morgan fingerprint density at radius 3 is 2.75 bits per heavy atom. The van der Waals surface area contributed by atoms with Crippen molar-refractivity contribution in [2.45, 2.75) is 31.0 Å². The number of esters is 1. The molecular formula is C15H14N2O7. The van der Waals surface area contributed by atoms with Crippen LogP contribution in [0, 0.1) is 16.0 Å². The van der Waals surface area contributed by atoms with Gasteiger partial charge < -0.3 is 19.5 Å². The molecule has 3 aliphatic rings. The molecule has 1 unspecified atom stereocenters. The molecule has 1 aromatic rings. The molecule has 24 heavy (non-hydrogen) atoms. The van der Waals surface area contributed by atoms with E-state index >= 15 is 0 Å². The maximum atomic E-state index is 12.4. The van der Waals surface area contributed by atoms with Crippen molar-refractivity contribution in [2.75, 3.05) is 6.54 Å². The van der Waals surface area contributed by atoms with Gasteiger partial charge in [0.1, 0.15) is 0 Å². The van der Waals surface area contributed by atoms with Gasteiger partial charge in [0.25, 0.3) is 11.6 Å². The number of hydrogen-bond donors (Lipinski definition) is 1. The predicted octanol–water partition coefficient (Wildman–Crippen LogP) is 0.0681. The molecule has 126 valence electrons. The minimum absolute atomic E-state index is 0.102. The zero-order chi connectivity index (χ0) is 17.0. The zero-order valence-electron chi connectivity index (χ0n) is 12.4. The molecule has 0 saturated carbocycles. The van der Waals surface area contributed by atoms with Crippen LogP contribution < -0.4 is 0 Å². The Balaban J connectivity index is 1.53. The highest BCUT2D eigenvalue weighted by Gasteiger charge is 2.63. The molecule has 0 spiro atoms. The van der Waals surface area contributed by atoms with Crippen LogP contribution in [0.4, 0.5) is 5.69 Å². The summed E-state index contributed by atoms with van der Waals surface area (Å²) >= 11 is 0. The maximum Gasteiger partial charge on any atom is 0.338 e. The van der Waals surface area contributed by atoms with Gasteiger partial charge in [-0.15, -0.1) is 0 Å². The van der Waals surface area contributed by atoms with Crippen LogP contribution in [0.5, 0.6) is 0 Å². The van der Waals surface area contributed by atoms with Crippen molar-refractivity contribution in [2.24, 2.45) is 5.92 Å². The number of carbonyl (C=O) groups excluding carboxylic acids is 2. The van der Waals surface area contributed by atoms with Crippen molar-refractivity contribution in [3.05, 3.63) is 39.9 Å². The van der Waals surface area contributed by atoms with E-state index in [0.29, 0.717) is 13.0 Å². The van der Waals surface area contributed by atoms with Crippen LogP contribution in [-0.4, -0.2) is 57.9 Å². The van der Waals surface area contributed by atoms with Gasteiger partial charge in [-0.25, -0.2) is 4.79 Å². The summed E-state index contributed by atoms with van der Waals surface area (Å²) in [4.78, 5) is 36.3. The number of hydrogen-bond acceptors (Lipinski definition) is 7. The van der Waals surface area contributed by atoms with Crippen LogP contribution in [0.25, 0.3) is 0 Å². The van der Waals surface area contributed by atoms with Gasteiger partial charge in [-0.2, -0.15) is 0 Å². The van der Waals surface area contributed by atoms with Crippen molar-refractivity contribution in [1.82, 2.24) is 4.90 Å². The summed E-state index contributed by atoms with van der Waals surface area (Å²) in [6, 6.07) is 4.66. The first kappa shape index (κ1) is 15.0. The summed E-state index contributed by atoms with van der Waals surface area (Å²) in [5, 5.41) is 20.7. The number of amides is 1. The second-order valence-corrected chi connectivity index (χ2v) is 6.08. The molecule has 9 nitrogen and oxygen atoms in total. The molecule has 3 aliphatic heterocycles. The Labute approximate surface area is 135 Å². The van der Waals surface area contributed by atoms with Gasteiger partial charge in [-0.3, -0.25) is 14.9 Å². The first-order valence-corrected chi connectivity index (χ1v) is 7.57. The molecule has 0 aliphatic carbocycles. The summed E-state index contributed by atoms with van der Waals surface area (Å²) in [6.07, 6.45) is -1.81. The number of nitrogens with zero attached hydrogens (tertiary/aromatic N) is 2. The van der Waals surface area contributed by atoms with Gasteiger partial charge in [-0.05, 0) is 18.6 Å². The molecule has 4 rings (SSSR count). The fraction of sp³-hybridized carbons (Fsp3) is 0.467. The third-order valence-corrected chi connectivity index (χ3v) is 4.86. The summed E-state index contributed by atoms with van der Waals surface area (Å²) in [5.74, 6) is -1.70. The third-order valence-electron chi connectivity index (χ3n) is 4.86. The molecule has 3 fully saturated rings. The Morgan fingerprint density at radius 2 is 2.08 bits per heavy atom. The van der Waals surface area contributed by atoms with Crippen molar-refractivity contribution >= 4 is 17.6 Å². The SMILES string of the molecule is O=C(O[C@@H]1C(=O)N2CC[C@H]3OC(O)[C@@H]1[C@H]32)c1ccc([N+](=O)[O-])cc1. The Hall–Kier alpha value is -2.52. The molecule has 3 heterocycles. The lowest BCUT2D eigenvalue weighted by molar-refractivity contribution is -0.384. The summed E-state index contributed by atoms with van der Waals surface area (Å²) in [7, 11) is 0. The van der Waals surface area contributed by atoms with Gasteiger partial charge >= 0.3 is 5.97 Å². The lowest BCUT2D eigenvalue weighted by Gasteiger charge is -2.18. The van der Waals surface area contributed by atoms with Crippen LogP contribution in [0.1, 0.15) is 16.8 Å². The lowest BCUT2D eigenvalue weighted by Crippen LogP contribution is -2.36. The normalized spacial score (nSPS) is 33.6. The summed E-state index contributed by atoms with van der Waals surface area (Å²) in [6.45, 7) is 0.517. The first-order chi connectivity index (χ1) is 11.5.